The number of anilines is 1. The van der Waals surface area contributed by atoms with Gasteiger partial charge in [-0.15, -0.1) is 0 Å². The highest BCUT2D eigenvalue weighted by Gasteiger charge is 2.33. The van der Waals surface area contributed by atoms with E-state index in [0.29, 0.717) is 6.54 Å². The molecule has 1 saturated heterocycles. The third-order valence-electron chi connectivity index (χ3n) is 3.33. The van der Waals surface area contributed by atoms with Gasteiger partial charge in [0.1, 0.15) is 5.75 Å². The first-order valence-electron chi connectivity index (χ1n) is 6.17. The van der Waals surface area contributed by atoms with Crippen LogP contribution in [0.4, 0.5) is 5.69 Å². The minimum atomic E-state index is -3.58. The molecule has 1 aliphatic heterocycles. The number of carbonyl (C=O) groups excluding carboxylic acids is 1. The molecule has 1 aromatic carbocycles. The Morgan fingerprint density at radius 1 is 1.45 bits per heavy atom. The number of amides is 1. The largest absolute Gasteiger partial charge is 0.497 e. The van der Waals surface area contributed by atoms with Crippen LogP contribution in [0.2, 0.25) is 0 Å². The Labute approximate surface area is 122 Å². The van der Waals surface area contributed by atoms with Crippen LogP contribution in [0.3, 0.4) is 0 Å². The molecule has 1 aliphatic rings. The maximum absolute atomic E-state index is 12.0. The fourth-order valence-corrected chi connectivity index (χ4v) is 3.79. The Bertz CT molecular complexity index is 629. The molecule has 1 atom stereocenters. The summed E-state index contributed by atoms with van der Waals surface area (Å²) < 4.78 is 27.3. The minimum Gasteiger partial charge on any atom is -0.497 e. The molecule has 1 unspecified atom stereocenters. The number of methoxy groups -OCH3 is 1. The number of benzene rings is 1. The Hall–Kier alpha value is -1.27. The van der Waals surface area contributed by atoms with Crippen LogP contribution in [-0.4, -0.2) is 33.7 Å². The average Bonchev–Trinajstić information content (AvgIpc) is 2.67. The van der Waals surface area contributed by atoms with Crippen LogP contribution in [0.1, 0.15) is 12.0 Å². The van der Waals surface area contributed by atoms with E-state index in [9.17, 15) is 13.2 Å². The number of ether oxygens (including phenoxy) is 1. The lowest BCUT2D eigenvalue weighted by atomic mass is 10.1. The van der Waals surface area contributed by atoms with E-state index in [4.69, 9.17) is 15.4 Å². The zero-order valence-electron chi connectivity index (χ0n) is 11.3. The molecular formula is C13H16ClNO4S. The predicted molar refractivity (Wildman–Crippen MR) is 77.8 cm³/mol. The van der Waals surface area contributed by atoms with E-state index in [1.165, 1.54) is 0 Å². The fraction of sp³-hybridized carbons (Fsp3) is 0.462. The first-order valence-corrected chi connectivity index (χ1v) is 8.65. The van der Waals surface area contributed by atoms with Gasteiger partial charge in [0, 0.05) is 35.3 Å². The quantitative estimate of drug-likeness (QED) is 0.796. The molecule has 1 amide bonds. The van der Waals surface area contributed by atoms with Crippen LogP contribution in [0.25, 0.3) is 0 Å². The van der Waals surface area contributed by atoms with Gasteiger partial charge in [0.15, 0.2) is 0 Å². The molecule has 1 aromatic rings. The zero-order valence-corrected chi connectivity index (χ0v) is 12.9. The summed E-state index contributed by atoms with van der Waals surface area (Å²) in [5, 5.41) is 0. The summed E-state index contributed by atoms with van der Waals surface area (Å²) in [6.45, 7) is 2.26. The molecule has 1 fully saturated rings. The summed E-state index contributed by atoms with van der Waals surface area (Å²) >= 11 is 0. The van der Waals surface area contributed by atoms with Crippen molar-refractivity contribution in [2.24, 2.45) is 5.92 Å². The summed E-state index contributed by atoms with van der Waals surface area (Å²) in [6, 6.07) is 5.43. The van der Waals surface area contributed by atoms with Crippen molar-refractivity contribution in [3.63, 3.8) is 0 Å². The van der Waals surface area contributed by atoms with Gasteiger partial charge in [-0.25, -0.2) is 8.42 Å². The zero-order chi connectivity index (χ0) is 14.9. The van der Waals surface area contributed by atoms with Crippen LogP contribution in [-0.2, 0) is 13.8 Å². The van der Waals surface area contributed by atoms with Crippen LogP contribution < -0.4 is 9.64 Å². The van der Waals surface area contributed by atoms with Gasteiger partial charge in [-0.1, -0.05) is 0 Å². The van der Waals surface area contributed by atoms with E-state index in [-0.39, 0.29) is 24.0 Å². The van der Waals surface area contributed by atoms with Crippen molar-refractivity contribution in [1.82, 2.24) is 0 Å². The molecule has 0 radical (unpaired) electrons. The highest BCUT2D eigenvalue weighted by atomic mass is 35.7. The lowest BCUT2D eigenvalue weighted by Crippen LogP contribution is -2.26. The van der Waals surface area contributed by atoms with E-state index in [1.54, 1.807) is 18.1 Å². The average molecular weight is 318 g/mol. The van der Waals surface area contributed by atoms with Gasteiger partial charge in [-0.2, -0.15) is 0 Å². The number of hydrogen-bond acceptors (Lipinski definition) is 4. The molecule has 1 heterocycles. The molecule has 0 aromatic heterocycles. The normalized spacial score (nSPS) is 19.4. The molecule has 0 bridgehead atoms. The summed E-state index contributed by atoms with van der Waals surface area (Å²) in [4.78, 5) is 13.6. The van der Waals surface area contributed by atoms with E-state index < -0.39 is 9.05 Å². The summed E-state index contributed by atoms with van der Waals surface area (Å²) in [6.07, 6.45) is 0.206. The number of carbonyl (C=O) groups is 1. The van der Waals surface area contributed by atoms with Gasteiger partial charge >= 0.3 is 0 Å². The third-order valence-corrected chi connectivity index (χ3v) is 4.58. The topological polar surface area (TPSA) is 63.7 Å². The standard InChI is InChI=1S/C13H16ClNO4S/c1-9-5-11(19-2)3-4-12(9)15-7-10(6-13(15)16)8-20(14,17)18/h3-5,10H,6-8H2,1-2H3. The lowest BCUT2D eigenvalue weighted by molar-refractivity contribution is -0.117. The highest BCUT2D eigenvalue weighted by Crippen LogP contribution is 2.31. The summed E-state index contributed by atoms with van der Waals surface area (Å²) in [7, 11) is 3.25. The second kappa shape index (κ2) is 5.61. The van der Waals surface area contributed by atoms with E-state index in [0.717, 1.165) is 17.0 Å². The van der Waals surface area contributed by atoms with E-state index in [2.05, 4.69) is 0 Å². The van der Waals surface area contributed by atoms with Crippen LogP contribution in [0, 0.1) is 12.8 Å². The summed E-state index contributed by atoms with van der Waals surface area (Å²) in [5.41, 5.74) is 1.69. The third kappa shape index (κ3) is 3.43. The molecule has 2 rings (SSSR count). The Kier molecular flexibility index (Phi) is 4.25. The molecule has 5 nitrogen and oxygen atoms in total. The van der Waals surface area contributed by atoms with Gasteiger partial charge in [-0.05, 0) is 30.7 Å². The maximum Gasteiger partial charge on any atom is 0.232 e. The molecule has 0 N–H and O–H groups in total. The lowest BCUT2D eigenvalue weighted by Gasteiger charge is -2.19. The second-order valence-corrected chi connectivity index (χ2v) is 7.75. The van der Waals surface area contributed by atoms with Crippen LogP contribution >= 0.6 is 10.7 Å². The maximum atomic E-state index is 12.0. The van der Waals surface area contributed by atoms with Crippen molar-refractivity contribution >= 4 is 31.3 Å². The molecule has 110 valence electrons. The molecule has 0 spiro atoms. The molecular weight excluding hydrogens is 302 g/mol. The van der Waals surface area contributed by atoms with Crippen molar-refractivity contribution in [2.45, 2.75) is 13.3 Å². The van der Waals surface area contributed by atoms with Gasteiger partial charge in [0.25, 0.3) is 0 Å². The van der Waals surface area contributed by atoms with Gasteiger partial charge in [0.2, 0.25) is 15.0 Å². The Balaban J connectivity index is 2.20. The molecule has 20 heavy (non-hydrogen) atoms. The van der Waals surface area contributed by atoms with Crippen molar-refractivity contribution in [3.05, 3.63) is 23.8 Å². The van der Waals surface area contributed by atoms with Crippen molar-refractivity contribution in [2.75, 3.05) is 24.3 Å². The smallest absolute Gasteiger partial charge is 0.232 e. The van der Waals surface area contributed by atoms with Crippen molar-refractivity contribution < 1.29 is 17.9 Å². The first-order chi connectivity index (χ1) is 9.30. The predicted octanol–water partition coefficient (Wildman–Crippen LogP) is 1.93. The number of hydrogen-bond donors (Lipinski definition) is 0. The minimum absolute atomic E-state index is 0.0800. The van der Waals surface area contributed by atoms with E-state index in [1.807, 2.05) is 19.1 Å². The van der Waals surface area contributed by atoms with Crippen molar-refractivity contribution in [1.29, 1.82) is 0 Å². The molecule has 0 saturated carbocycles. The second-order valence-electron chi connectivity index (χ2n) is 4.93. The van der Waals surface area contributed by atoms with Crippen LogP contribution in [0.15, 0.2) is 18.2 Å². The van der Waals surface area contributed by atoms with E-state index >= 15 is 0 Å². The summed E-state index contributed by atoms with van der Waals surface area (Å²) in [5.74, 6) is 0.208. The van der Waals surface area contributed by atoms with Gasteiger partial charge in [0.05, 0.1) is 12.9 Å². The fourth-order valence-electron chi connectivity index (χ4n) is 2.47. The van der Waals surface area contributed by atoms with Crippen LogP contribution in [0.5, 0.6) is 5.75 Å². The van der Waals surface area contributed by atoms with Crippen molar-refractivity contribution in [3.8, 4) is 5.75 Å². The highest BCUT2D eigenvalue weighted by molar-refractivity contribution is 8.13. The number of aryl methyl sites for hydroxylation is 1. The van der Waals surface area contributed by atoms with Gasteiger partial charge < -0.3 is 9.64 Å². The monoisotopic (exact) mass is 317 g/mol. The van der Waals surface area contributed by atoms with Gasteiger partial charge in [-0.3, -0.25) is 4.79 Å². The molecule has 0 aliphatic carbocycles. The Morgan fingerprint density at radius 2 is 2.15 bits per heavy atom. The number of nitrogens with zero attached hydrogens (tertiary/aromatic N) is 1. The SMILES string of the molecule is COc1ccc(N2CC(CS(=O)(=O)Cl)CC2=O)c(C)c1. The molecule has 7 heteroatoms. The first kappa shape index (κ1) is 15.1. The number of halogens is 1. The Morgan fingerprint density at radius 3 is 2.70 bits per heavy atom. The number of rotatable bonds is 4.